The molecule has 0 bridgehead atoms. The van der Waals surface area contributed by atoms with Crippen molar-refractivity contribution in [1.82, 2.24) is 9.97 Å². The first kappa shape index (κ1) is 24.6. The third-order valence-corrected chi connectivity index (χ3v) is 5.43. The second-order valence-corrected chi connectivity index (χ2v) is 7.97. The number of carbonyl (C=O) groups excluding carboxylic acids is 1. The van der Waals surface area contributed by atoms with Crippen molar-refractivity contribution in [3.05, 3.63) is 72.1 Å². The molecule has 0 atom stereocenters. The van der Waals surface area contributed by atoms with E-state index in [1.807, 2.05) is 6.07 Å². The third kappa shape index (κ3) is 6.54. The Labute approximate surface area is 206 Å². The predicted octanol–water partition coefficient (Wildman–Crippen LogP) is 5.67. The van der Waals surface area contributed by atoms with Crippen LogP contribution in [0.5, 0.6) is 11.5 Å². The number of alkyl halides is 2. The quantitative estimate of drug-likeness (QED) is 0.371. The van der Waals surface area contributed by atoms with E-state index in [1.165, 1.54) is 24.4 Å². The van der Waals surface area contributed by atoms with Gasteiger partial charge in [-0.1, -0.05) is 12.1 Å². The van der Waals surface area contributed by atoms with Gasteiger partial charge in [0.25, 0.3) is 0 Å². The average molecular weight is 491 g/mol. The van der Waals surface area contributed by atoms with Crippen molar-refractivity contribution >= 4 is 29.3 Å². The molecule has 1 aromatic carbocycles. The van der Waals surface area contributed by atoms with Crippen LogP contribution in [0.3, 0.4) is 0 Å². The van der Waals surface area contributed by atoms with E-state index in [9.17, 15) is 13.6 Å². The van der Waals surface area contributed by atoms with Gasteiger partial charge < -0.3 is 20.1 Å². The van der Waals surface area contributed by atoms with E-state index in [-0.39, 0.29) is 17.6 Å². The summed E-state index contributed by atoms with van der Waals surface area (Å²) in [5.41, 5.74) is 1.26. The molecule has 2 aromatic heterocycles. The number of benzene rings is 1. The van der Waals surface area contributed by atoms with E-state index in [2.05, 4.69) is 25.3 Å². The van der Waals surface area contributed by atoms with Gasteiger partial charge in [0.2, 0.25) is 5.91 Å². The highest BCUT2D eigenvalue weighted by Crippen LogP contribution is 2.36. The van der Waals surface area contributed by atoms with Gasteiger partial charge in [-0.3, -0.25) is 4.79 Å². The lowest BCUT2D eigenvalue weighted by molar-refractivity contribution is -0.111. The van der Waals surface area contributed by atoms with Gasteiger partial charge in [-0.05, 0) is 62.1 Å². The third-order valence-electron chi connectivity index (χ3n) is 5.43. The van der Waals surface area contributed by atoms with Gasteiger partial charge in [-0.2, -0.15) is 14.0 Å². The highest BCUT2D eigenvalue weighted by atomic mass is 19.3. The Balaban J connectivity index is 1.50. The molecule has 0 spiro atoms. The minimum atomic E-state index is -3.00. The van der Waals surface area contributed by atoms with Crippen LogP contribution < -0.4 is 20.1 Å². The summed E-state index contributed by atoms with van der Waals surface area (Å²) in [7, 11) is 0. The SMILES string of the molecule is N#Cc1ccc(Nc2ncccc2NC(=O)C=Cc2cccc(OC(F)F)c2OC2CCCC2)nc1. The first-order valence-corrected chi connectivity index (χ1v) is 11.3. The van der Waals surface area contributed by atoms with Crippen LogP contribution in [0.1, 0.15) is 36.8 Å². The van der Waals surface area contributed by atoms with Crippen LogP contribution in [0.15, 0.2) is 60.9 Å². The Morgan fingerprint density at radius 2 is 1.97 bits per heavy atom. The van der Waals surface area contributed by atoms with Crippen molar-refractivity contribution in [2.45, 2.75) is 38.4 Å². The molecule has 10 heteroatoms. The van der Waals surface area contributed by atoms with Gasteiger partial charge in [0.05, 0.1) is 17.4 Å². The standard InChI is InChI=1S/C26H23F2N5O3/c27-26(28)36-21-9-3-5-18(24(21)35-19-6-1-2-7-19)11-13-23(34)32-20-8-4-14-30-25(20)33-22-12-10-17(15-29)16-31-22/h3-5,8-14,16,19,26H,1-2,6-7H2,(H,32,34)(H,30,31,33). The largest absolute Gasteiger partial charge is 0.486 e. The van der Waals surface area contributed by atoms with Crippen molar-refractivity contribution in [2.24, 2.45) is 0 Å². The minimum absolute atomic E-state index is 0.0758. The van der Waals surface area contributed by atoms with Gasteiger partial charge in [-0.25, -0.2) is 9.97 Å². The maximum absolute atomic E-state index is 12.9. The number of para-hydroxylation sites is 1. The number of anilines is 3. The monoisotopic (exact) mass is 491 g/mol. The van der Waals surface area contributed by atoms with Crippen molar-refractivity contribution in [2.75, 3.05) is 10.6 Å². The molecule has 2 heterocycles. The summed E-state index contributed by atoms with van der Waals surface area (Å²) in [6, 6.07) is 13.2. The summed E-state index contributed by atoms with van der Waals surface area (Å²) in [6.45, 7) is -3.00. The topological polar surface area (TPSA) is 109 Å². The van der Waals surface area contributed by atoms with Crippen LogP contribution in [0.2, 0.25) is 0 Å². The number of hydrogen-bond donors (Lipinski definition) is 2. The number of halogens is 2. The van der Waals surface area contributed by atoms with Crippen LogP contribution >= 0.6 is 0 Å². The zero-order valence-electron chi connectivity index (χ0n) is 19.2. The van der Waals surface area contributed by atoms with E-state index in [4.69, 9.17) is 10.00 Å². The Kier molecular flexibility index (Phi) is 8.03. The van der Waals surface area contributed by atoms with E-state index >= 15 is 0 Å². The molecule has 3 aromatic rings. The number of amides is 1. The summed E-state index contributed by atoms with van der Waals surface area (Å²) in [6.07, 6.45) is 9.33. The van der Waals surface area contributed by atoms with Crippen molar-refractivity contribution < 1.29 is 23.0 Å². The molecule has 0 unspecified atom stereocenters. The second-order valence-electron chi connectivity index (χ2n) is 7.97. The number of ether oxygens (including phenoxy) is 2. The number of nitrogens with one attached hydrogen (secondary N) is 2. The van der Waals surface area contributed by atoms with E-state index < -0.39 is 12.5 Å². The molecule has 184 valence electrons. The smallest absolute Gasteiger partial charge is 0.387 e. The average Bonchev–Trinajstić information content (AvgIpc) is 3.39. The number of nitrogens with zero attached hydrogens (tertiary/aromatic N) is 3. The number of hydrogen-bond acceptors (Lipinski definition) is 7. The number of pyridine rings is 2. The maximum atomic E-state index is 12.9. The fourth-order valence-electron chi connectivity index (χ4n) is 3.75. The van der Waals surface area contributed by atoms with Crippen LogP contribution in [-0.2, 0) is 4.79 Å². The molecule has 4 rings (SSSR count). The molecular weight excluding hydrogens is 468 g/mol. The van der Waals surface area contributed by atoms with Crippen molar-refractivity contribution in [1.29, 1.82) is 5.26 Å². The summed E-state index contributed by atoms with van der Waals surface area (Å²) >= 11 is 0. The maximum Gasteiger partial charge on any atom is 0.387 e. The first-order valence-electron chi connectivity index (χ1n) is 11.3. The molecule has 1 aliphatic rings. The molecule has 0 radical (unpaired) electrons. The highest BCUT2D eigenvalue weighted by Gasteiger charge is 2.21. The summed E-state index contributed by atoms with van der Waals surface area (Å²) in [5, 5.41) is 14.7. The van der Waals surface area contributed by atoms with Crippen LogP contribution in [0, 0.1) is 11.3 Å². The zero-order valence-corrected chi connectivity index (χ0v) is 19.2. The summed E-state index contributed by atoms with van der Waals surface area (Å²) in [5.74, 6) is 0.445. The zero-order chi connectivity index (χ0) is 25.3. The van der Waals surface area contributed by atoms with E-state index in [0.717, 1.165) is 25.7 Å². The molecular formula is C26H23F2N5O3. The number of aromatic nitrogens is 2. The summed E-state index contributed by atoms with van der Waals surface area (Å²) < 4.78 is 36.5. The molecule has 1 amide bonds. The van der Waals surface area contributed by atoms with E-state index in [0.29, 0.717) is 28.5 Å². The number of nitriles is 1. The van der Waals surface area contributed by atoms with Gasteiger partial charge in [0, 0.05) is 24.0 Å². The van der Waals surface area contributed by atoms with Crippen LogP contribution in [0.4, 0.5) is 26.1 Å². The van der Waals surface area contributed by atoms with E-state index in [1.54, 1.807) is 42.6 Å². The molecule has 0 aliphatic heterocycles. The molecule has 1 fully saturated rings. The van der Waals surface area contributed by atoms with Gasteiger partial charge in [0.15, 0.2) is 17.3 Å². The molecule has 36 heavy (non-hydrogen) atoms. The first-order chi connectivity index (χ1) is 17.5. The van der Waals surface area contributed by atoms with Gasteiger partial charge in [-0.15, -0.1) is 0 Å². The fourth-order valence-corrected chi connectivity index (χ4v) is 3.75. The molecule has 2 N–H and O–H groups in total. The Morgan fingerprint density at radius 1 is 1.14 bits per heavy atom. The highest BCUT2D eigenvalue weighted by molar-refractivity contribution is 6.03. The van der Waals surface area contributed by atoms with Gasteiger partial charge in [0.1, 0.15) is 11.9 Å². The summed E-state index contributed by atoms with van der Waals surface area (Å²) in [4.78, 5) is 21.1. The fraction of sp³-hybridized carbons (Fsp3) is 0.231. The Bertz CT molecular complexity index is 1270. The number of rotatable bonds is 9. The van der Waals surface area contributed by atoms with Crippen LogP contribution in [0.25, 0.3) is 6.08 Å². The van der Waals surface area contributed by atoms with Crippen molar-refractivity contribution in [3.63, 3.8) is 0 Å². The molecule has 0 saturated heterocycles. The normalized spacial score (nSPS) is 13.5. The number of carbonyl (C=O) groups is 1. The second kappa shape index (κ2) is 11.8. The molecule has 1 aliphatic carbocycles. The molecule has 1 saturated carbocycles. The Morgan fingerprint density at radius 3 is 2.69 bits per heavy atom. The predicted molar refractivity (Wildman–Crippen MR) is 130 cm³/mol. The van der Waals surface area contributed by atoms with Gasteiger partial charge >= 0.3 is 6.61 Å². The minimum Gasteiger partial charge on any atom is -0.486 e. The lowest BCUT2D eigenvalue weighted by Crippen LogP contribution is -2.14. The molecule has 8 nitrogen and oxygen atoms in total. The van der Waals surface area contributed by atoms with Crippen LogP contribution in [-0.4, -0.2) is 28.6 Å². The lowest BCUT2D eigenvalue weighted by Gasteiger charge is -2.18. The Hall–Kier alpha value is -4.52. The lowest BCUT2D eigenvalue weighted by atomic mass is 10.1. The van der Waals surface area contributed by atoms with Crippen molar-refractivity contribution in [3.8, 4) is 17.6 Å².